The molecule has 1 fully saturated rings. The van der Waals surface area contributed by atoms with Gasteiger partial charge in [0.1, 0.15) is 0 Å². The van der Waals surface area contributed by atoms with Crippen molar-refractivity contribution in [3.63, 3.8) is 0 Å². The van der Waals surface area contributed by atoms with Crippen molar-refractivity contribution in [3.8, 4) is 0 Å². The average Bonchev–Trinajstić information content (AvgIpc) is 3.05. The molecule has 0 aliphatic heterocycles. The molecule has 2 aliphatic carbocycles. The standard InChI is InChI=1S/C16H27N3S/c1-5-17-12-8-16(2,3)9-13-14(12)20-15(18-13)19(4)10-11-6-7-11/h11-12,17H,5-10H2,1-4H3. The molecule has 3 nitrogen and oxygen atoms in total. The van der Waals surface area contributed by atoms with Gasteiger partial charge < -0.3 is 10.2 Å². The molecular weight excluding hydrogens is 266 g/mol. The Labute approximate surface area is 126 Å². The number of nitrogens with zero attached hydrogens (tertiary/aromatic N) is 2. The maximum absolute atomic E-state index is 4.96. The molecule has 1 atom stereocenters. The van der Waals surface area contributed by atoms with Crippen LogP contribution in [0.3, 0.4) is 0 Å². The van der Waals surface area contributed by atoms with Crippen molar-refractivity contribution in [2.75, 3.05) is 25.0 Å². The predicted octanol–water partition coefficient (Wildman–Crippen LogP) is 3.61. The van der Waals surface area contributed by atoms with Crippen molar-refractivity contribution in [1.82, 2.24) is 10.3 Å². The highest BCUT2D eigenvalue weighted by Crippen LogP contribution is 2.45. The van der Waals surface area contributed by atoms with E-state index in [2.05, 4.69) is 38.0 Å². The van der Waals surface area contributed by atoms with Gasteiger partial charge in [-0.1, -0.05) is 32.1 Å². The van der Waals surface area contributed by atoms with Gasteiger partial charge in [0, 0.05) is 24.5 Å². The number of rotatable bonds is 5. The Kier molecular flexibility index (Phi) is 3.80. The Hall–Kier alpha value is -0.610. The Morgan fingerprint density at radius 1 is 1.40 bits per heavy atom. The number of nitrogens with one attached hydrogen (secondary N) is 1. The lowest BCUT2D eigenvalue weighted by atomic mass is 9.76. The van der Waals surface area contributed by atoms with Gasteiger partial charge in [-0.25, -0.2) is 4.98 Å². The van der Waals surface area contributed by atoms with E-state index in [0.29, 0.717) is 11.5 Å². The van der Waals surface area contributed by atoms with Gasteiger partial charge in [-0.3, -0.25) is 0 Å². The first kappa shape index (κ1) is 14.3. The molecule has 1 N–H and O–H groups in total. The molecular formula is C16H27N3S. The van der Waals surface area contributed by atoms with Crippen molar-refractivity contribution < 1.29 is 0 Å². The largest absolute Gasteiger partial charge is 0.351 e. The van der Waals surface area contributed by atoms with Crippen LogP contribution in [0.15, 0.2) is 0 Å². The Balaban J connectivity index is 1.83. The zero-order valence-corrected chi connectivity index (χ0v) is 14.0. The summed E-state index contributed by atoms with van der Waals surface area (Å²) >= 11 is 1.91. The highest BCUT2D eigenvalue weighted by molar-refractivity contribution is 7.15. The van der Waals surface area contributed by atoms with E-state index in [9.17, 15) is 0 Å². The molecule has 1 aromatic heterocycles. The third-order valence-electron chi connectivity index (χ3n) is 4.44. The van der Waals surface area contributed by atoms with Crippen LogP contribution in [0.2, 0.25) is 0 Å². The van der Waals surface area contributed by atoms with Crippen LogP contribution >= 0.6 is 11.3 Å². The van der Waals surface area contributed by atoms with Crippen LogP contribution in [0.5, 0.6) is 0 Å². The normalized spacial score (nSPS) is 24.5. The third kappa shape index (κ3) is 3.01. The maximum atomic E-state index is 4.96. The molecule has 20 heavy (non-hydrogen) atoms. The summed E-state index contributed by atoms with van der Waals surface area (Å²) in [7, 11) is 2.20. The van der Waals surface area contributed by atoms with E-state index in [4.69, 9.17) is 4.98 Å². The molecule has 0 radical (unpaired) electrons. The Bertz CT molecular complexity index is 476. The molecule has 1 saturated carbocycles. The van der Waals surface area contributed by atoms with Gasteiger partial charge >= 0.3 is 0 Å². The molecule has 1 aromatic rings. The fourth-order valence-electron chi connectivity index (χ4n) is 3.26. The van der Waals surface area contributed by atoms with Crippen molar-refractivity contribution >= 4 is 16.5 Å². The molecule has 1 heterocycles. The third-order valence-corrected chi connectivity index (χ3v) is 5.77. The minimum Gasteiger partial charge on any atom is -0.351 e. The lowest BCUT2D eigenvalue weighted by Crippen LogP contribution is -2.32. The van der Waals surface area contributed by atoms with Crippen molar-refractivity contribution in [3.05, 3.63) is 10.6 Å². The Morgan fingerprint density at radius 3 is 2.80 bits per heavy atom. The van der Waals surface area contributed by atoms with Gasteiger partial charge in [-0.15, -0.1) is 0 Å². The highest BCUT2D eigenvalue weighted by atomic mass is 32.1. The molecule has 3 rings (SSSR count). The molecule has 2 aliphatic rings. The molecule has 0 aromatic carbocycles. The molecule has 1 unspecified atom stereocenters. The quantitative estimate of drug-likeness (QED) is 0.899. The van der Waals surface area contributed by atoms with Crippen LogP contribution in [-0.2, 0) is 6.42 Å². The van der Waals surface area contributed by atoms with Gasteiger partial charge in [0.25, 0.3) is 0 Å². The summed E-state index contributed by atoms with van der Waals surface area (Å²) in [6.45, 7) is 9.15. The molecule has 112 valence electrons. The average molecular weight is 293 g/mol. The second-order valence-electron chi connectivity index (χ2n) is 7.29. The first-order valence-electron chi connectivity index (χ1n) is 7.92. The number of hydrogen-bond acceptors (Lipinski definition) is 4. The van der Waals surface area contributed by atoms with Crippen molar-refractivity contribution in [1.29, 1.82) is 0 Å². The summed E-state index contributed by atoms with van der Waals surface area (Å²) in [6, 6.07) is 0.499. The topological polar surface area (TPSA) is 28.2 Å². The zero-order chi connectivity index (χ0) is 14.3. The van der Waals surface area contributed by atoms with Crippen LogP contribution in [-0.4, -0.2) is 25.1 Å². The number of thiazole rings is 1. The van der Waals surface area contributed by atoms with E-state index in [1.807, 2.05) is 11.3 Å². The fourth-order valence-corrected chi connectivity index (χ4v) is 4.39. The molecule has 4 heteroatoms. The number of anilines is 1. The number of hydrogen-bond donors (Lipinski definition) is 1. The van der Waals surface area contributed by atoms with E-state index in [1.165, 1.54) is 41.5 Å². The minimum absolute atomic E-state index is 0.361. The summed E-state index contributed by atoms with van der Waals surface area (Å²) in [5.41, 5.74) is 1.70. The fraction of sp³-hybridized carbons (Fsp3) is 0.812. The maximum Gasteiger partial charge on any atom is 0.185 e. The van der Waals surface area contributed by atoms with E-state index < -0.39 is 0 Å². The first-order chi connectivity index (χ1) is 9.48. The van der Waals surface area contributed by atoms with Crippen LogP contribution in [0.25, 0.3) is 0 Å². The van der Waals surface area contributed by atoms with Gasteiger partial charge in [-0.2, -0.15) is 0 Å². The summed E-state index contributed by atoms with van der Waals surface area (Å²) in [5.74, 6) is 0.918. The summed E-state index contributed by atoms with van der Waals surface area (Å²) < 4.78 is 0. The summed E-state index contributed by atoms with van der Waals surface area (Å²) in [4.78, 5) is 8.83. The van der Waals surface area contributed by atoms with E-state index in [-0.39, 0.29) is 0 Å². The molecule has 0 spiro atoms. The molecule has 0 amide bonds. The van der Waals surface area contributed by atoms with Gasteiger partial charge in [-0.05, 0) is 43.6 Å². The van der Waals surface area contributed by atoms with E-state index >= 15 is 0 Å². The highest BCUT2D eigenvalue weighted by Gasteiger charge is 2.35. The van der Waals surface area contributed by atoms with Gasteiger partial charge in [0.15, 0.2) is 5.13 Å². The van der Waals surface area contributed by atoms with Crippen LogP contribution in [0.1, 0.15) is 56.6 Å². The lowest BCUT2D eigenvalue weighted by Gasteiger charge is -2.34. The molecule has 0 bridgehead atoms. The number of aromatic nitrogens is 1. The zero-order valence-electron chi connectivity index (χ0n) is 13.2. The first-order valence-corrected chi connectivity index (χ1v) is 8.74. The lowest BCUT2D eigenvalue weighted by molar-refractivity contribution is 0.260. The Morgan fingerprint density at radius 2 is 2.15 bits per heavy atom. The smallest absolute Gasteiger partial charge is 0.185 e. The van der Waals surface area contributed by atoms with E-state index in [1.54, 1.807) is 0 Å². The van der Waals surface area contributed by atoms with Crippen LogP contribution in [0.4, 0.5) is 5.13 Å². The number of fused-ring (bicyclic) bond motifs is 1. The second kappa shape index (κ2) is 5.30. The van der Waals surface area contributed by atoms with Crippen LogP contribution < -0.4 is 10.2 Å². The molecule has 0 saturated heterocycles. The summed E-state index contributed by atoms with van der Waals surface area (Å²) in [5, 5.41) is 4.88. The second-order valence-corrected chi connectivity index (χ2v) is 8.30. The SMILES string of the molecule is CCNC1CC(C)(C)Cc2nc(N(C)CC3CC3)sc21. The minimum atomic E-state index is 0.361. The summed E-state index contributed by atoms with van der Waals surface area (Å²) in [6.07, 6.45) is 5.16. The van der Waals surface area contributed by atoms with Crippen LogP contribution in [0, 0.1) is 11.3 Å². The van der Waals surface area contributed by atoms with Gasteiger partial charge in [0.2, 0.25) is 0 Å². The van der Waals surface area contributed by atoms with E-state index in [0.717, 1.165) is 18.9 Å². The predicted molar refractivity (Wildman–Crippen MR) is 86.6 cm³/mol. The monoisotopic (exact) mass is 293 g/mol. The van der Waals surface area contributed by atoms with Crippen molar-refractivity contribution in [2.45, 2.75) is 52.5 Å². The van der Waals surface area contributed by atoms with Crippen molar-refractivity contribution in [2.24, 2.45) is 11.3 Å². The van der Waals surface area contributed by atoms with Gasteiger partial charge in [0.05, 0.1) is 5.69 Å².